The first-order valence-electron chi connectivity index (χ1n) is 6.25. The highest BCUT2D eigenvalue weighted by atomic mass is 16.5. The van der Waals surface area contributed by atoms with Crippen molar-refractivity contribution in [3.05, 3.63) is 34.9 Å². The second-order valence-corrected chi connectivity index (χ2v) is 4.21. The number of ether oxygens (including phenoxy) is 1. The fraction of sp³-hybridized carbons (Fsp3) is 0.357. The number of esters is 1. The summed E-state index contributed by atoms with van der Waals surface area (Å²) in [5, 5.41) is 17.8. The molecule has 0 heterocycles. The van der Waals surface area contributed by atoms with Gasteiger partial charge in [-0.05, 0) is 24.6 Å². The van der Waals surface area contributed by atoms with E-state index in [1.54, 1.807) is 0 Å². The van der Waals surface area contributed by atoms with Crippen molar-refractivity contribution in [2.45, 2.75) is 26.2 Å². The quantitative estimate of drug-likeness (QED) is 0.587. The lowest BCUT2D eigenvalue weighted by Crippen LogP contribution is -2.13. The number of carbonyl (C=O) groups is 3. The number of aromatic carboxylic acids is 2. The zero-order valence-electron chi connectivity index (χ0n) is 11.1. The molecule has 0 aliphatic rings. The van der Waals surface area contributed by atoms with Crippen LogP contribution in [0.15, 0.2) is 18.2 Å². The van der Waals surface area contributed by atoms with Crippen LogP contribution in [0.4, 0.5) is 0 Å². The summed E-state index contributed by atoms with van der Waals surface area (Å²) in [6.07, 6.45) is 2.60. The molecular weight excluding hydrogens is 264 g/mol. The highest BCUT2D eigenvalue weighted by molar-refractivity contribution is 6.04. The van der Waals surface area contributed by atoms with Gasteiger partial charge in [-0.3, -0.25) is 0 Å². The van der Waals surface area contributed by atoms with Gasteiger partial charge in [0.05, 0.1) is 23.3 Å². The van der Waals surface area contributed by atoms with E-state index in [9.17, 15) is 14.4 Å². The van der Waals surface area contributed by atoms with Crippen molar-refractivity contribution in [1.29, 1.82) is 0 Å². The lowest BCUT2D eigenvalue weighted by Gasteiger charge is -2.08. The third kappa shape index (κ3) is 4.08. The highest BCUT2D eigenvalue weighted by Gasteiger charge is 2.19. The first-order valence-corrected chi connectivity index (χ1v) is 6.25. The predicted octanol–water partition coefficient (Wildman–Crippen LogP) is 2.43. The molecule has 0 aliphatic heterocycles. The Morgan fingerprint density at radius 1 is 1.05 bits per heavy atom. The van der Waals surface area contributed by atoms with E-state index in [2.05, 4.69) is 0 Å². The lowest BCUT2D eigenvalue weighted by molar-refractivity contribution is 0.0487. The first-order chi connectivity index (χ1) is 9.47. The van der Waals surface area contributed by atoms with E-state index >= 15 is 0 Å². The Morgan fingerprint density at radius 3 is 2.30 bits per heavy atom. The molecule has 0 aliphatic carbocycles. The summed E-state index contributed by atoms with van der Waals surface area (Å²) in [4.78, 5) is 33.6. The van der Waals surface area contributed by atoms with Crippen molar-refractivity contribution in [2.24, 2.45) is 0 Å². The topological polar surface area (TPSA) is 101 Å². The zero-order valence-corrected chi connectivity index (χ0v) is 11.1. The van der Waals surface area contributed by atoms with Crippen LogP contribution in [0.3, 0.4) is 0 Å². The highest BCUT2D eigenvalue weighted by Crippen LogP contribution is 2.14. The third-order valence-corrected chi connectivity index (χ3v) is 2.70. The molecule has 6 nitrogen and oxygen atoms in total. The van der Waals surface area contributed by atoms with Gasteiger partial charge in [0, 0.05) is 0 Å². The smallest absolute Gasteiger partial charge is 0.339 e. The van der Waals surface area contributed by atoms with Crippen LogP contribution < -0.4 is 0 Å². The summed E-state index contributed by atoms with van der Waals surface area (Å²) >= 11 is 0. The van der Waals surface area contributed by atoms with E-state index in [1.165, 1.54) is 6.07 Å². The Hall–Kier alpha value is -2.37. The number of hydrogen-bond acceptors (Lipinski definition) is 4. The van der Waals surface area contributed by atoms with Crippen molar-refractivity contribution in [1.82, 2.24) is 0 Å². The molecule has 1 aromatic carbocycles. The van der Waals surface area contributed by atoms with Crippen LogP contribution in [0.5, 0.6) is 0 Å². The summed E-state index contributed by atoms with van der Waals surface area (Å²) in [5.74, 6) is -3.38. The Morgan fingerprint density at radius 2 is 1.75 bits per heavy atom. The van der Waals surface area contributed by atoms with Gasteiger partial charge in [0.1, 0.15) is 0 Å². The molecule has 20 heavy (non-hydrogen) atoms. The van der Waals surface area contributed by atoms with Crippen LogP contribution in [0.25, 0.3) is 0 Å². The maximum atomic E-state index is 11.8. The molecule has 0 unspecified atom stereocenters. The second-order valence-electron chi connectivity index (χ2n) is 4.21. The van der Waals surface area contributed by atoms with Gasteiger partial charge in [-0.1, -0.05) is 19.8 Å². The van der Waals surface area contributed by atoms with Crippen LogP contribution in [-0.2, 0) is 4.74 Å². The molecule has 0 aromatic heterocycles. The summed E-state index contributed by atoms with van der Waals surface area (Å²) in [6, 6.07) is 3.29. The van der Waals surface area contributed by atoms with Gasteiger partial charge < -0.3 is 14.9 Å². The number of hydrogen-bond donors (Lipinski definition) is 2. The maximum Gasteiger partial charge on any atom is 0.339 e. The Balaban J connectivity index is 2.90. The molecule has 0 atom stereocenters. The Labute approximate surface area is 116 Å². The van der Waals surface area contributed by atoms with Gasteiger partial charge >= 0.3 is 17.9 Å². The molecule has 0 bridgehead atoms. The molecule has 0 amide bonds. The predicted molar refractivity (Wildman–Crippen MR) is 70.2 cm³/mol. The van der Waals surface area contributed by atoms with Crippen molar-refractivity contribution in [2.75, 3.05) is 6.61 Å². The number of carbonyl (C=O) groups excluding carboxylic acids is 1. The van der Waals surface area contributed by atoms with Gasteiger partial charge in [-0.25, -0.2) is 14.4 Å². The Bertz CT molecular complexity index is 520. The number of benzene rings is 1. The van der Waals surface area contributed by atoms with Crippen molar-refractivity contribution >= 4 is 17.9 Å². The summed E-state index contributed by atoms with van der Waals surface area (Å²) < 4.78 is 4.97. The molecule has 0 saturated heterocycles. The summed E-state index contributed by atoms with van der Waals surface area (Å²) in [6.45, 7) is 2.22. The second kappa shape index (κ2) is 7.28. The number of carboxylic acid groups (broad SMARTS) is 2. The van der Waals surface area contributed by atoms with Crippen LogP contribution >= 0.6 is 0 Å². The first kappa shape index (κ1) is 15.7. The average Bonchev–Trinajstić information content (AvgIpc) is 2.42. The van der Waals surface area contributed by atoms with Crippen LogP contribution in [0, 0.1) is 0 Å². The van der Waals surface area contributed by atoms with E-state index in [0.717, 1.165) is 25.0 Å². The number of rotatable bonds is 7. The molecular formula is C14H16O6. The van der Waals surface area contributed by atoms with Crippen molar-refractivity contribution in [3.63, 3.8) is 0 Å². The van der Waals surface area contributed by atoms with E-state index in [-0.39, 0.29) is 23.3 Å². The van der Waals surface area contributed by atoms with Gasteiger partial charge in [-0.2, -0.15) is 0 Å². The fourth-order valence-corrected chi connectivity index (χ4v) is 1.63. The van der Waals surface area contributed by atoms with Gasteiger partial charge in [0.25, 0.3) is 0 Å². The standard InChI is InChI=1S/C14H16O6/c1-2-3-4-7-20-14(19)10-6-5-9(12(15)16)8-11(10)13(17)18/h5-6,8H,2-4,7H2,1H3,(H,15,16)(H,17,18). The monoisotopic (exact) mass is 280 g/mol. The molecule has 0 spiro atoms. The van der Waals surface area contributed by atoms with Crippen LogP contribution in [-0.4, -0.2) is 34.7 Å². The molecule has 2 N–H and O–H groups in total. The normalized spacial score (nSPS) is 10.1. The zero-order chi connectivity index (χ0) is 15.1. The van der Waals surface area contributed by atoms with E-state index in [1.807, 2.05) is 6.92 Å². The Kier molecular flexibility index (Phi) is 5.71. The van der Waals surface area contributed by atoms with Gasteiger partial charge in [-0.15, -0.1) is 0 Å². The molecule has 1 aromatic rings. The SMILES string of the molecule is CCCCCOC(=O)c1ccc(C(=O)O)cc1C(=O)O. The molecule has 0 radical (unpaired) electrons. The van der Waals surface area contributed by atoms with Crippen molar-refractivity contribution in [3.8, 4) is 0 Å². The third-order valence-electron chi connectivity index (χ3n) is 2.70. The number of unbranched alkanes of at least 4 members (excludes halogenated alkanes) is 2. The van der Waals surface area contributed by atoms with E-state index in [4.69, 9.17) is 14.9 Å². The fourth-order valence-electron chi connectivity index (χ4n) is 1.63. The van der Waals surface area contributed by atoms with Gasteiger partial charge in [0.2, 0.25) is 0 Å². The largest absolute Gasteiger partial charge is 0.478 e. The minimum absolute atomic E-state index is 0.140. The lowest BCUT2D eigenvalue weighted by atomic mass is 10.0. The maximum absolute atomic E-state index is 11.8. The average molecular weight is 280 g/mol. The molecule has 108 valence electrons. The van der Waals surface area contributed by atoms with Crippen molar-refractivity contribution < 1.29 is 29.3 Å². The molecule has 1 rings (SSSR count). The minimum Gasteiger partial charge on any atom is -0.478 e. The van der Waals surface area contributed by atoms with Crippen LogP contribution in [0.1, 0.15) is 57.3 Å². The van der Waals surface area contributed by atoms with E-state index in [0.29, 0.717) is 6.42 Å². The number of carboxylic acids is 2. The molecule has 6 heteroatoms. The molecule has 0 saturated carbocycles. The van der Waals surface area contributed by atoms with E-state index < -0.39 is 17.9 Å². The summed E-state index contributed by atoms with van der Waals surface area (Å²) in [5.41, 5.74) is -0.700. The molecule has 0 fully saturated rings. The summed E-state index contributed by atoms with van der Waals surface area (Å²) in [7, 11) is 0. The van der Waals surface area contributed by atoms with Crippen LogP contribution in [0.2, 0.25) is 0 Å². The minimum atomic E-state index is -1.37. The van der Waals surface area contributed by atoms with Gasteiger partial charge in [0.15, 0.2) is 0 Å².